The van der Waals surface area contributed by atoms with Gasteiger partial charge < -0.3 is 14.8 Å². The Morgan fingerprint density at radius 3 is 2.16 bits per heavy atom. The minimum Gasteiger partial charge on any atom is -0.497 e. The molecule has 8 heteroatoms. The fraction of sp³-hybridized carbons (Fsp3) is 0.174. The summed E-state index contributed by atoms with van der Waals surface area (Å²) >= 11 is 0. The van der Waals surface area contributed by atoms with E-state index < -0.39 is 22.0 Å². The highest BCUT2D eigenvalue weighted by Crippen LogP contribution is 2.29. The van der Waals surface area contributed by atoms with Gasteiger partial charge in [-0.25, -0.2) is 8.42 Å². The zero-order chi connectivity index (χ0) is 22.3. The van der Waals surface area contributed by atoms with Gasteiger partial charge in [0.15, 0.2) is 0 Å². The molecule has 0 saturated carbocycles. The molecule has 0 aliphatic heterocycles. The van der Waals surface area contributed by atoms with Crippen LogP contribution in [0.5, 0.6) is 11.5 Å². The van der Waals surface area contributed by atoms with Crippen LogP contribution in [-0.2, 0) is 21.2 Å². The van der Waals surface area contributed by atoms with Crippen LogP contribution in [0.25, 0.3) is 0 Å². The maximum Gasteiger partial charge on any atom is 0.243 e. The number of hydrogen-bond donors (Lipinski definition) is 2. The van der Waals surface area contributed by atoms with Gasteiger partial charge in [0, 0.05) is 6.07 Å². The van der Waals surface area contributed by atoms with Crippen LogP contribution < -0.4 is 19.5 Å². The Balaban J connectivity index is 1.90. The SMILES string of the molecule is COc1ccc(OC)c(NC(=O)[C@H](Cc2ccccc2)NS(=O)(=O)c2ccccc2)c1. The van der Waals surface area contributed by atoms with Gasteiger partial charge in [-0.15, -0.1) is 0 Å². The van der Waals surface area contributed by atoms with Crippen LogP contribution in [0, 0.1) is 0 Å². The number of anilines is 1. The maximum atomic E-state index is 13.2. The fourth-order valence-corrected chi connectivity index (χ4v) is 4.24. The van der Waals surface area contributed by atoms with Gasteiger partial charge in [0.2, 0.25) is 15.9 Å². The van der Waals surface area contributed by atoms with Crippen LogP contribution >= 0.6 is 0 Å². The molecule has 0 heterocycles. The lowest BCUT2D eigenvalue weighted by molar-refractivity contribution is -0.117. The van der Waals surface area contributed by atoms with E-state index in [2.05, 4.69) is 10.0 Å². The molecule has 0 unspecified atom stereocenters. The first-order valence-electron chi connectivity index (χ1n) is 9.57. The van der Waals surface area contributed by atoms with E-state index in [4.69, 9.17) is 9.47 Å². The molecule has 0 spiro atoms. The van der Waals surface area contributed by atoms with Gasteiger partial charge >= 0.3 is 0 Å². The summed E-state index contributed by atoms with van der Waals surface area (Å²) in [6.45, 7) is 0. The zero-order valence-electron chi connectivity index (χ0n) is 17.2. The lowest BCUT2D eigenvalue weighted by Gasteiger charge is -2.20. The smallest absolute Gasteiger partial charge is 0.243 e. The van der Waals surface area contributed by atoms with E-state index in [0.717, 1.165) is 5.56 Å². The molecule has 162 valence electrons. The molecule has 0 saturated heterocycles. The molecule has 0 radical (unpaired) electrons. The number of benzene rings is 3. The minimum atomic E-state index is -3.91. The molecule has 3 aromatic carbocycles. The van der Waals surface area contributed by atoms with E-state index in [9.17, 15) is 13.2 Å². The average molecular weight is 441 g/mol. The number of ether oxygens (including phenoxy) is 2. The molecule has 2 N–H and O–H groups in total. The topological polar surface area (TPSA) is 93.7 Å². The molecule has 0 aromatic heterocycles. The monoisotopic (exact) mass is 440 g/mol. The molecular formula is C23H24N2O5S. The third-order valence-electron chi connectivity index (χ3n) is 4.61. The highest BCUT2D eigenvalue weighted by molar-refractivity contribution is 7.89. The number of sulfonamides is 1. The van der Waals surface area contributed by atoms with Gasteiger partial charge in [-0.1, -0.05) is 48.5 Å². The Kier molecular flexibility index (Phi) is 7.28. The van der Waals surface area contributed by atoms with Gasteiger partial charge in [-0.3, -0.25) is 4.79 Å². The Hall–Kier alpha value is -3.36. The lowest BCUT2D eigenvalue weighted by atomic mass is 10.1. The Morgan fingerprint density at radius 1 is 0.903 bits per heavy atom. The summed E-state index contributed by atoms with van der Waals surface area (Å²) in [6, 6.07) is 21.1. The van der Waals surface area contributed by atoms with Gasteiger partial charge in [0.25, 0.3) is 0 Å². The molecule has 0 bridgehead atoms. The van der Waals surface area contributed by atoms with Crippen molar-refractivity contribution in [3.63, 3.8) is 0 Å². The molecule has 7 nitrogen and oxygen atoms in total. The summed E-state index contributed by atoms with van der Waals surface area (Å²) < 4.78 is 38.8. The van der Waals surface area contributed by atoms with E-state index in [0.29, 0.717) is 17.2 Å². The van der Waals surface area contributed by atoms with Crippen LogP contribution in [0.2, 0.25) is 0 Å². The van der Waals surface area contributed by atoms with Crippen LogP contribution in [-0.4, -0.2) is 34.6 Å². The Bertz CT molecular complexity index is 1120. The Morgan fingerprint density at radius 2 is 1.55 bits per heavy atom. The summed E-state index contributed by atoms with van der Waals surface area (Å²) in [6.07, 6.45) is 0.172. The highest BCUT2D eigenvalue weighted by Gasteiger charge is 2.27. The predicted octanol–water partition coefficient (Wildman–Crippen LogP) is 3.23. The molecule has 0 aliphatic carbocycles. The number of nitrogens with one attached hydrogen (secondary N) is 2. The largest absolute Gasteiger partial charge is 0.497 e. The second-order valence-corrected chi connectivity index (χ2v) is 8.45. The van der Waals surface area contributed by atoms with Crippen molar-refractivity contribution in [1.82, 2.24) is 4.72 Å². The van der Waals surface area contributed by atoms with Gasteiger partial charge in [0.1, 0.15) is 17.5 Å². The number of carbonyl (C=O) groups is 1. The normalized spacial score (nSPS) is 12.1. The van der Waals surface area contributed by atoms with Crippen molar-refractivity contribution in [2.75, 3.05) is 19.5 Å². The zero-order valence-corrected chi connectivity index (χ0v) is 18.1. The first-order chi connectivity index (χ1) is 14.9. The lowest BCUT2D eigenvalue weighted by Crippen LogP contribution is -2.45. The van der Waals surface area contributed by atoms with Crippen LogP contribution in [0.15, 0.2) is 83.8 Å². The van der Waals surface area contributed by atoms with Crippen molar-refractivity contribution in [3.8, 4) is 11.5 Å². The van der Waals surface area contributed by atoms with Crippen molar-refractivity contribution in [3.05, 3.63) is 84.4 Å². The summed E-state index contributed by atoms with van der Waals surface area (Å²) in [7, 11) is -0.916. The molecular weight excluding hydrogens is 416 g/mol. The molecule has 31 heavy (non-hydrogen) atoms. The standard InChI is InChI=1S/C23H24N2O5S/c1-29-18-13-14-22(30-2)20(16-18)24-23(26)21(15-17-9-5-3-6-10-17)25-31(27,28)19-11-7-4-8-12-19/h3-14,16,21,25H,15H2,1-2H3,(H,24,26)/t21-/m0/s1. The van der Waals surface area contributed by atoms with E-state index in [1.807, 2.05) is 30.3 Å². The van der Waals surface area contributed by atoms with Crippen molar-refractivity contribution < 1.29 is 22.7 Å². The molecule has 1 atom stereocenters. The molecule has 3 aromatic rings. The predicted molar refractivity (Wildman–Crippen MR) is 119 cm³/mol. The van der Waals surface area contributed by atoms with Crippen molar-refractivity contribution in [2.24, 2.45) is 0 Å². The number of carbonyl (C=O) groups excluding carboxylic acids is 1. The van der Waals surface area contributed by atoms with E-state index >= 15 is 0 Å². The molecule has 1 amide bonds. The summed E-state index contributed by atoms with van der Waals surface area (Å²) in [5, 5.41) is 2.76. The second kappa shape index (κ2) is 10.1. The van der Waals surface area contributed by atoms with Crippen LogP contribution in [0.1, 0.15) is 5.56 Å². The number of methoxy groups -OCH3 is 2. The first kappa shape index (κ1) is 22.3. The van der Waals surface area contributed by atoms with Gasteiger partial charge in [0.05, 0.1) is 24.8 Å². The third kappa shape index (κ3) is 5.84. The quantitative estimate of drug-likeness (QED) is 0.533. The molecule has 0 fully saturated rings. The highest BCUT2D eigenvalue weighted by atomic mass is 32.2. The second-order valence-electron chi connectivity index (χ2n) is 6.73. The van der Waals surface area contributed by atoms with Crippen molar-refractivity contribution >= 4 is 21.6 Å². The van der Waals surface area contributed by atoms with E-state index in [1.54, 1.807) is 36.4 Å². The summed E-state index contributed by atoms with van der Waals surface area (Å²) in [5.41, 5.74) is 1.19. The van der Waals surface area contributed by atoms with Crippen LogP contribution in [0.3, 0.4) is 0 Å². The van der Waals surface area contributed by atoms with E-state index in [-0.39, 0.29) is 11.3 Å². The summed E-state index contributed by atoms with van der Waals surface area (Å²) in [5.74, 6) is 0.439. The maximum absolute atomic E-state index is 13.2. The number of rotatable bonds is 9. The minimum absolute atomic E-state index is 0.0832. The number of amides is 1. The first-order valence-corrected chi connectivity index (χ1v) is 11.1. The molecule has 0 aliphatic rings. The summed E-state index contributed by atoms with van der Waals surface area (Å²) in [4.78, 5) is 13.2. The Labute approximate surface area is 182 Å². The molecule has 3 rings (SSSR count). The van der Waals surface area contributed by atoms with Crippen molar-refractivity contribution in [2.45, 2.75) is 17.4 Å². The third-order valence-corrected chi connectivity index (χ3v) is 6.10. The van der Waals surface area contributed by atoms with Crippen molar-refractivity contribution in [1.29, 1.82) is 0 Å². The average Bonchev–Trinajstić information content (AvgIpc) is 2.79. The van der Waals surface area contributed by atoms with Gasteiger partial charge in [-0.2, -0.15) is 4.72 Å². The van der Waals surface area contributed by atoms with Crippen LogP contribution in [0.4, 0.5) is 5.69 Å². The number of hydrogen-bond acceptors (Lipinski definition) is 5. The van der Waals surface area contributed by atoms with E-state index in [1.165, 1.54) is 26.4 Å². The fourth-order valence-electron chi connectivity index (χ4n) is 3.02. The van der Waals surface area contributed by atoms with Gasteiger partial charge in [-0.05, 0) is 36.2 Å².